The summed E-state index contributed by atoms with van der Waals surface area (Å²) in [5.74, 6) is 0.881. The van der Waals surface area contributed by atoms with Gasteiger partial charge in [0.15, 0.2) is 0 Å². The van der Waals surface area contributed by atoms with Crippen LogP contribution in [-0.4, -0.2) is 18.6 Å². The summed E-state index contributed by atoms with van der Waals surface area (Å²) in [4.78, 5) is 4.67. The van der Waals surface area contributed by atoms with Gasteiger partial charge in [0.05, 0.1) is 12.6 Å². The van der Waals surface area contributed by atoms with Gasteiger partial charge in [-0.1, -0.05) is 0 Å². The fraction of sp³-hybridized carbons (Fsp3) is 0.357. The first-order chi connectivity index (χ1) is 8.15. The molecule has 3 nitrogen and oxygen atoms in total. The van der Waals surface area contributed by atoms with Crippen molar-refractivity contribution in [1.82, 2.24) is 4.98 Å². The van der Waals surface area contributed by atoms with E-state index in [0.29, 0.717) is 6.54 Å². The van der Waals surface area contributed by atoms with Crippen molar-refractivity contribution in [3.8, 4) is 5.75 Å². The number of rotatable bonds is 3. The first kappa shape index (κ1) is 11.9. The topological polar surface area (TPSA) is 48.1 Å². The second-order valence-corrected chi connectivity index (χ2v) is 4.31. The van der Waals surface area contributed by atoms with Crippen LogP contribution >= 0.6 is 0 Å². The van der Waals surface area contributed by atoms with Crippen molar-refractivity contribution >= 4 is 10.9 Å². The van der Waals surface area contributed by atoms with Crippen LogP contribution in [0.3, 0.4) is 0 Å². The van der Waals surface area contributed by atoms with Gasteiger partial charge in [0.25, 0.3) is 0 Å². The maximum Gasteiger partial charge on any atom is 0.119 e. The van der Waals surface area contributed by atoms with Crippen molar-refractivity contribution in [2.45, 2.75) is 20.3 Å². The third-order valence-electron chi connectivity index (χ3n) is 2.97. The summed E-state index contributed by atoms with van der Waals surface area (Å²) in [6.07, 6.45) is 0.822. The van der Waals surface area contributed by atoms with Crippen LogP contribution in [0.1, 0.15) is 16.8 Å². The molecule has 0 radical (unpaired) electrons. The first-order valence-electron chi connectivity index (χ1n) is 5.80. The third kappa shape index (κ3) is 2.24. The Kier molecular flexibility index (Phi) is 3.29. The minimum atomic E-state index is 0.632. The number of benzene rings is 1. The summed E-state index contributed by atoms with van der Waals surface area (Å²) in [5, 5.41) is 1.16. The lowest BCUT2D eigenvalue weighted by Crippen LogP contribution is -2.05. The minimum absolute atomic E-state index is 0.632. The largest absolute Gasteiger partial charge is 0.497 e. The van der Waals surface area contributed by atoms with Gasteiger partial charge in [0.1, 0.15) is 5.75 Å². The number of aromatic nitrogens is 1. The predicted octanol–water partition coefficient (Wildman–Crippen LogP) is 2.36. The molecule has 1 aromatic heterocycles. The Morgan fingerprint density at radius 1 is 1.18 bits per heavy atom. The SMILES string of the molecule is COc1cc(C)c2nc(CCN)cc(C)c2c1. The maximum absolute atomic E-state index is 5.58. The second-order valence-electron chi connectivity index (χ2n) is 4.31. The molecule has 0 spiro atoms. The summed E-state index contributed by atoms with van der Waals surface area (Å²) in [6.45, 7) is 4.79. The average Bonchev–Trinajstić information content (AvgIpc) is 2.30. The number of aryl methyl sites for hydroxylation is 2. The summed E-state index contributed by atoms with van der Waals surface area (Å²) in [5.41, 5.74) is 10.1. The Bertz CT molecular complexity index is 549. The molecule has 0 aliphatic carbocycles. The zero-order valence-electron chi connectivity index (χ0n) is 10.6. The normalized spacial score (nSPS) is 10.8. The molecular weight excluding hydrogens is 212 g/mol. The highest BCUT2D eigenvalue weighted by Gasteiger charge is 2.07. The molecule has 0 unspecified atom stereocenters. The Balaban J connectivity index is 2.67. The lowest BCUT2D eigenvalue weighted by molar-refractivity contribution is 0.415. The zero-order chi connectivity index (χ0) is 12.4. The molecule has 0 aliphatic heterocycles. The van der Waals surface area contributed by atoms with Gasteiger partial charge in [-0.25, -0.2) is 0 Å². The average molecular weight is 230 g/mol. The van der Waals surface area contributed by atoms with Crippen molar-refractivity contribution in [3.63, 3.8) is 0 Å². The molecule has 1 heterocycles. The lowest BCUT2D eigenvalue weighted by Gasteiger charge is -2.10. The van der Waals surface area contributed by atoms with E-state index in [1.165, 1.54) is 5.56 Å². The summed E-state index contributed by atoms with van der Waals surface area (Å²) < 4.78 is 5.29. The number of hydrogen-bond donors (Lipinski definition) is 1. The van der Waals surface area contributed by atoms with Gasteiger partial charge < -0.3 is 10.5 Å². The van der Waals surface area contributed by atoms with E-state index in [0.717, 1.165) is 34.3 Å². The highest BCUT2D eigenvalue weighted by molar-refractivity contribution is 5.86. The molecule has 3 heteroatoms. The zero-order valence-corrected chi connectivity index (χ0v) is 10.6. The molecule has 0 bridgehead atoms. The van der Waals surface area contributed by atoms with Crippen LogP contribution in [0.15, 0.2) is 18.2 Å². The lowest BCUT2D eigenvalue weighted by atomic mass is 10.0. The Morgan fingerprint density at radius 3 is 2.59 bits per heavy atom. The highest BCUT2D eigenvalue weighted by atomic mass is 16.5. The van der Waals surface area contributed by atoms with Gasteiger partial charge in [0, 0.05) is 17.5 Å². The molecule has 0 aliphatic rings. The third-order valence-corrected chi connectivity index (χ3v) is 2.97. The molecule has 0 saturated heterocycles. The predicted molar refractivity (Wildman–Crippen MR) is 70.5 cm³/mol. The number of nitrogens with zero attached hydrogens (tertiary/aromatic N) is 1. The van der Waals surface area contributed by atoms with Crippen molar-refractivity contribution in [2.75, 3.05) is 13.7 Å². The Hall–Kier alpha value is -1.61. The van der Waals surface area contributed by atoms with Crippen LogP contribution in [0.5, 0.6) is 5.75 Å². The van der Waals surface area contributed by atoms with Crippen molar-refractivity contribution < 1.29 is 4.74 Å². The smallest absolute Gasteiger partial charge is 0.119 e. The van der Waals surface area contributed by atoms with E-state index in [4.69, 9.17) is 10.5 Å². The van der Waals surface area contributed by atoms with Crippen LogP contribution in [0.25, 0.3) is 10.9 Å². The van der Waals surface area contributed by atoms with Crippen molar-refractivity contribution in [2.24, 2.45) is 5.73 Å². The number of ether oxygens (including phenoxy) is 1. The summed E-state index contributed by atoms with van der Waals surface area (Å²) >= 11 is 0. The summed E-state index contributed by atoms with van der Waals surface area (Å²) in [6, 6.07) is 6.16. The molecule has 1 aromatic carbocycles. The van der Waals surface area contributed by atoms with Gasteiger partial charge in [-0.15, -0.1) is 0 Å². The van der Waals surface area contributed by atoms with Crippen LogP contribution in [0, 0.1) is 13.8 Å². The molecule has 2 N–H and O–H groups in total. The Morgan fingerprint density at radius 2 is 1.94 bits per heavy atom. The molecule has 17 heavy (non-hydrogen) atoms. The molecular formula is C14H18N2O. The van der Waals surface area contributed by atoms with E-state index in [1.54, 1.807) is 7.11 Å². The number of fused-ring (bicyclic) bond motifs is 1. The summed E-state index contributed by atoms with van der Waals surface area (Å²) in [7, 11) is 1.69. The van der Waals surface area contributed by atoms with E-state index in [-0.39, 0.29) is 0 Å². The van der Waals surface area contributed by atoms with Crippen molar-refractivity contribution in [3.05, 3.63) is 35.0 Å². The molecule has 0 saturated carbocycles. The van der Waals surface area contributed by atoms with Gasteiger partial charge in [-0.05, 0) is 49.7 Å². The maximum atomic E-state index is 5.58. The highest BCUT2D eigenvalue weighted by Crippen LogP contribution is 2.26. The standard InChI is InChI=1S/C14H18N2O/c1-9-6-11(4-5-15)16-14-10(2)7-12(17-3)8-13(9)14/h6-8H,4-5,15H2,1-3H3. The fourth-order valence-electron chi connectivity index (χ4n) is 2.09. The van der Waals surface area contributed by atoms with Gasteiger partial charge in [-0.2, -0.15) is 0 Å². The van der Waals surface area contributed by atoms with Gasteiger partial charge >= 0.3 is 0 Å². The Labute approximate surface area is 102 Å². The van der Waals surface area contributed by atoms with E-state index >= 15 is 0 Å². The molecule has 90 valence electrons. The first-order valence-corrected chi connectivity index (χ1v) is 5.80. The quantitative estimate of drug-likeness (QED) is 0.880. The number of nitrogens with two attached hydrogens (primary N) is 1. The van der Waals surface area contributed by atoms with E-state index in [2.05, 4.69) is 24.9 Å². The molecule has 0 amide bonds. The number of hydrogen-bond acceptors (Lipinski definition) is 3. The molecule has 2 rings (SSSR count). The van der Waals surface area contributed by atoms with Gasteiger partial charge in [-0.3, -0.25) is 4.98 Å². The van der Waals surface area contributed by atoms with Gasteiger partial charge in [0.2, 0.25) is 0 Å². The van der Waals surface area contributed by atoms with Crippen LogP contribution in [0.4, 0.5) is 0 Å². The fourth-order valence-corrected chi connectivity index (χ4v) is 2.09. The van der Waals surface area contributed by atoms with E-state index in [1.807, 2.05) is 12.1 Å². The van der Waals surface area contributed by atoms with Crippen LogP contribution in [-0.2, 0) is 6.42 Å². The second kappa shape index (κ2) is 4.72. The minimum Gasteiger partial charge on any atom is -0.497 e. The number of methoxy groups -OCH3 is 1. The van der Waals surface area contributed by atoms with E-state index < -0.39 is 0 Å². The molecule has 0 fully saturated rings. The molecule has 0 atom stereocenters. The number of pyridine rings is 1. The monoisotopic (exact) mass is 230 g/mol. The molecule has 2 aromatic rings. The van der Waals surface area contributed by atoms with Crippen LogP contribution in [0.2, 0.25) is 0 Å². The van der Waals surface area contributed by atoms with Crippen molar-refractivity contribution in [1.29, 1.82) is 0 Å². The van der Waals surface area contributed by atoms with Crippen LogP contribution < -0.4 is 10.5 Å². The van der Waals surface area contributed by atoms with E-state index in [9.17, 15) is 0 Å².